The Labute approximate surface area is 147 Å². The molecular formula is C17H14N4O3S. The highest BCUT2D eigenvalue weighted by atomic mass is 32.2. The van der Waals surface area contributed by atoms with Gasteiger partial charge >= 0.3 is 0 Å². The number of rotatable bonds is 4. The minimum atomic E-state index is -0.286. The highest BCUT2D eigenvalue weighted by Crippen LogP contribution is 2.25. The SMILES string of the molecule is COc1ccc2nc(SCC3=NNC(=O)c4ccccc4O3)[nH]c2c1. The molecule has 0 atom stereocenters. The first-order valence-corrected chi connectivity index (χ1v) is 8.52. The Bertz CT molecular complexity index is 983. The number of hydrogen-bond acceptors (Lipinski definition) is 6. The van der Waals surface area contributed by atoms with Crippen LogP contribution in [0.4, 0.5) is 0 Å². The second-order valence-corrected chi connectivity index (χ2v) is 6.22. The molecule has 0 bridgehead atoms. The molecule has 0 unspecified atom stereocenters. The predicted molar refractivity (Wildman–Crippen MR) is 95.3 cm³/mol. The number of hydrazone groups is 1. The molecule has 2 heterocycles. The molecule has 2 aromatic carbocycles. The third-order valence-corrected chi connectivity index (χ3v) is 4.50. The van der Waals surface area contributed by atoms with Crippen molar-refractivity contribution in [3.63, 3.8) is 0 Å². The van der Waals surface area contributed by atoms with Gasteiger partial charge in [-0.25, -0.2) is 10.4 Å². The number of nitrogens with zero attached hydrogens (tertiary/aromatic N) is 2. The van der Waals surface area contributed by atoms with Crippen molar-refractivity contribution in [1.29, 1.82) is 0 Å². The molecule has 126 valence electrons. The molecule has 1 aliphatic rings. The smallest absolute Gasteiger partial charge is 0.275 e. The second kappa shape index (κ2) is 6.48. The van der Waals surface area contributed by atoms with E-state index in [0.717, 1.165) is 21.9 Å². The van der Waals surface area contributed by atoms with Gasteiger partial charge in [-0.3, -0.25) is 4.79 Å². The van der Waals surface area contributed by atoms with E-state index in [4.69, 9.17) is 9.47 Å². The molecule has 0 radical (unpaired) electrons. The van der Waals surface area contributed by atoms with E-state index in [9.17, 15) is 4.79 Å². The third kappa shape index (κ3) is 3.16. The summed E-state index contributed by atoms with van der Waals surface area (Å²) in [5.41, 5.74) is 4.70. The quantitative estimate of drug-likeness (QED) is 0.704. The Morgan fingerprint density at radius 1 is 1.24 bits per heavy atom. The molecule has 0 saturated heterocycles. The van der Waals surface area contributed by atoms with Crippen molar-refractivity contribution >= 4 is 34.6 Å². The highest BCUT2D eigenvalue weighted by molar-refractivity contribution is 7.99. The van der Waals surface area contributed by atoms with Crippen LogP contribution in [-0.4, -0.2) is 34.6 Å². The summed E-state index contributed by atoms with van der Waals surface area (Å²) in [5, 5.41) is 4.76. The fourth-order valence-electron chi connectivity index (χ4n) is 2.42. The largest absolute Gasteiger partial charge is 0.497 e. The van der Waals surface area contributed by atoms with E-state index in [2.05, 4.69) is 20.5 Å². The zero-order valence-corrected chi connectivity index (χ0v) is 14.1. The average Bonchev–Trinajstić information content (AvgIpc) is 2.98. The Morgan fingerprint density at radius 3 is 3.00 bits per heavy atom. The number of aromatic amines is 1. The van der Waals surface area contributed by atoms with Crippen molar-refractivity contribution in [2.75, 3.05) is 12.9 Å². The number of carbonyl (C=O) groups is 1. The number of hydrogen-bond donors (Lipinski definition) is 2. The summed E-state index contributed by atoms with van der Waals surface area (Å²) >= 11 is 1.44. The number of amides is 1. The zero-order chi connectivity index (χ0) is 17.2. The molecule has 0 spiro atoms. The van der Waals surface area contributed by atoms with Gasteiger partial charge in [0.05, 0.1) is 29.5 Å². The molecule has 25 heavy (non-hydrogen) atoms. The number of H-pyrrole nitrogens is 1. The van der Waals surface area contributed by atoms with E-state index >= 15 is 0 Å². The van der Waals surface area contributed by atoms with Crippen LogP contribution in [0.5, 0.6) is 11.5 Å². The van der Waals surface area contributed by atoms with E-state index in [0.29, 0.717) is 23.0 Å². The van der Waals surface area contributed by atoms with E-state index in [1.54, 1.807) is 25.3 Å². The van der Waals surface area contributed by atoms with Crippen molar-refractivity contribution < 1.29 is 14.3 Å². The first-order valence-electron chi connectivity index (χ1n) is 7.53. The number of carbonyl (C=O) groups excluding carboxylic acids is 1. The second-order valence-electron chi connectivity index (χ2n) is 5.26. The summed E-state index contributed by atoms with van der Waals surface area (Å²) in [7, 11) is 1.63. The van der Waals surface area contributed by atoms with Gasteiger partial charge in [0.15, 0.2) is 5.16 Å². The van der Waals surface area contributed by atoms with Crippen molar-refractivity contribution in [3.05, 3.63) is 48.0 Å². The van der Waals surface area contributed by atoms with Gasteiger partial charge < -0.3 is 14.5 Å². The van der Waals surface area contributed by atoms with Crippen molar-refractivity contribution in [2.24, 2.45) is 5.10 Å². The minimum absolute atomic E-state index is 0.286. The van der Waals surface area contributed by atoms with Crippen molar-refractivity contribution in [2.45, 2.75) is 5.16 Å². The summed E-state index contributed by atoms with van der Waals surface area (Å²) < 4.78 is 11.0. The van der Waals surface area contributed by atoms with Crippen molar-refractivity contribution in [3.8, 4) is 11.5 Å². The van der Waals surface area contributed by atoms with E-state index in [1.165, 1.54) is 11.8 Å². The van der Waals surface area contributed by atoms with Gasteiger partial charge in [0.2, 0.25) is 5.90 Å². The highest BCUT2D eigenvalue weighted by Gasteiger charge is 2.18. The number of aromatic nitrogens is 2. The van der Waals surface area contributed by atoms with Gasteiger partial charge in [-0.1, -0.05) is 23.9 Å². The third-order valence-electron chi connectivity index (χ3n) is 3.64. The van der Waals surface area contributed by atoms with Gasteiger partial charge in [-0.2, -0.15) is 0 Å². The lowest BCUT2D eigenvalue weighted by Gasteiger charge is -2.06. The van der Waals surface area contributed by atoms with Crippen LogP contribution in [0.1, 0.15) is 10.4 Å². The molecule has 1 amide bonds. The van der Waals surface area contributed by atoms with Gasteiger partial charge in [0, 0.05) is 6.07 Å². The van der Waals surface area contributed by atoms with Crippen LogP contribution in [0.25, 0.3) is 11.0 Å². The van der Waals surface area contributed by atoms with Crippen LogP contribution >= 0.6 is 11.8 Å². The van der Waals surface area contributed by atoms with E-state index in [1.807, 2.05) is 24.3 Å². The molecular weight excluding hydrogens is 340 g/mol. The fourth-order valence-corrected chi connectivity index (χ4v) is 3.15. The van der Waals surface area contributed by atoms with E-state index in [-0.39, 0.29) is 5.91 Å². The van der Waals surface area contributed by atoms with Crippen LogP contribution in [0, 0.1) is 0 Å². The minimum Gasteiger partial charge on any atom is -0.497 e. The van der Waals surface area contributed by atoms with Crippen LogP contribution in [-0.2, 0) is 0 Å². The number of fused-ring (bicyclic) bond motifs is 2. The summed E-state index contributed by atoms with van der Waals surface area (Å²) in [6, 6.07) is 12.7. The first-order chi connectivity index (χ1) is 12.2. The molecule has 0 saturated carbocycles. The molecule has 7 nitrogen and oxygen atoms in total. The number of nitrogens with one attached hydrogen (secondary N) is 2. The average molecular weight is 354 g/mol. The fraction of sp³-hybridized carbons (Fsp3) is 0.118. The Hall–Kier alpha value is -3.00. The number of methoxy groups -OCH3 is 1. The molecule has 1 aromatic heterocycles. The van der Waals surface area contributed by atoms with Crippen LogP contribution in [0.3, 0.4) is 0 Å². The lowest BCUT2D eigenvalue weighted by atomic mass is 10.2. The number of benzene rings is 2. The maximum absolute atomic E-state index is 12.0. The maximum atomic E-state index is 12.0. The summed E-state index contributed by atoms with van der Waals surface area (Å²) in [6.07, 6.45) is 0. The molecule has 1 aliphatic heterocycles. The molecule has 0 fully saturated rings. The van der Waals surface area contributed by atoms with Crippen molar-refractivity contribution in [1.82, 2.24) is 15.4 Å². The molecule has 0 aliphatic carbocycles. The monoisotopic (exact) mass is 354 g/mol. The number of thioether (sulfide) groups is 1. The number of ether oxygens (including phenoxy) is 2. The van der Waals surface area contributed by atoms with Gasteiger partial charge in [0.1, 0.15) is 11.5 Å². The first kappa shape index (κ1) is 15.5. The maximum Gasteiger partial charge on any atom is 0.275 e. The van der Waals surface area contributed by atoms with E-state index < -0.39 is 0 Å². The van der Waals surface area contributed by atoms with Gasteiger partial charge in [-0.05, 0) is 24.3 Å². The Morgan fingerprint density at radius 2 is 2.12 bits per heavy atom. The van der Waals surface area contributed by atoms with Crippen LogP contribution in [0.2, 0.25) is 0 Å². The van der Waals surface area contributed by atoms with Crippen LogP contribution < -0.4 is 14.9 Å². The summed E-state index contributed by atoms with van der Waals surface area (Å²) in [6.45, 7) is 0. The number of imidazole rings is 1. The summed E-state index contributed by atoms with van der Waals surface area (Å²) in [4.78, 5) is 19.7. The van der Waals surface area contributed by atoms with Gasteiger partial charge in [-0.15, -0.1) is 5.10 Å². The normalized spacial score (nSPS) is 13.5. The lowest BCUT2D eigenvalue weighted by Crippen LogP contribution is -2.18. The Balaban J connectivity index is 1.50. The predicted octanol–water partition coefficient (Wildman–Crippen LogP) is 2.80. The number of para-hydroxylation sites is 1. The Kier molecular flexibility index (Phi) is 4.02. The zero-order valence-electron chi connectivity index (χ0n) is 13.3. The van der Waals surface area contributed by atoms with Crippen LogP contribution in [0.15, 0.2) is 52.7 Å². The lowest BCUT2D eigenvalue weighted by molar-refractivity contribution is 0.0955. The van der Waals surface area contributed by atoms with Gasteiger partial charge in [0.25, 0.3) is 5.91 Å². The summed E-state index contributed by atoms with van der Waals surface area (Å²) in [5.74, 6) is 1.80. The molecule has 8 heteroatoms. The topological polar surface area (TPSA) is 88.6 Å². The molecule has 2 N–H and O–H groups in total. The standard InChI is InChI=1S/C17H14N4O3S/c1-23-10-6-7-12-13(8-10)19-17(18-12)25-9-15-20-21-16(22)11-4-2-3-5-14(11)24-15/h2-8H,9H2,1H3,(H,18,19)(H,21,22). The molecule has 3 aromatic rings. The molecule has 4 rings (SSSR count).